The summed E-state index contributed by atoms with van der Waals surface area (Å²) in [6.45, 7) is 6.83. The third-order valence-electron chi connectivity index (χ3n) is 5.72. The molecular formula is C22H23F2N3O4S. The van der Waals surface area contributed by atoms with Gasteiger partial charge in [0.25, 0.3) is 0 Å². The SMILES string of the molecule is Cc1cc(-n2c(=O)n(C(C)C)c3cc(C(=O)CC4(C)CS(=O)(=O)C4)c(F)cc32)c(F)cn1. The summed E-state index contributed by atoms with van der Waals surface area (Å²) in [4.78, 5) is 30.0. The van der Waals surface area contributed by atoms with E-state index in [9.17, 15) is 22.4 Å². The number of hydrogen-bond donors (Lipinski definition) is 0. The van der Waals surface area contributed by atoms with Crippen LogP contribution in [0.4, 0.5) is 8.78 Å². The number of hydrogen-bond acceptors (Lipinski definition) is 5. The fourth-order valence-electron chi connectivity index (χ4n) is 4.49. The summed E-state index contributed by atoms with van der Waals surface area (Å²) in [6, 6.07) is 3.40. The van der Waals surface area contributed by atoms with Crippen LogP contribution in [0.15, 0.2) is 29.2 Å². The van der Waals surface area contributed by atoms with Crippen molar-refractivity contribution in [2.45, 2.75) is 40.2 Å². The third kappa shape index (κ3) is 3.66. The highest BCUT2D eigenvalue weighted by Gasteiger charge is 2.46. The number of aromatic nitrogens is 3. The van der Waals surface area contributed by atoms with Gasteiger partial charge in [-0.3, -0.25) is 18.9 Å². The van der Waals surface area contributed by atoms with Crippen LogP contribution in [0.5, 0.6) is 0 Å². The van der Waals surface area contributed by atoms with Crippen LogP contribution in [-0.2, 0) is 9.84 Å². The quantitative estimate of drug-likeness (QED) is 0.541. The van der Waals surface area contributed by atoms with Crippen LogP contribution in [0.3, 0.4) is 0 Å². The Morgan fingerprint density at radius 3 is 2.41 bits per heavy atom. The van der Waals surface area contributed by atoms with Gasteiger partial charge in [0.05, 0.1) is 40.0 Å². The summed E-state index contributed by atoms with van der Waals surface area (Å²) in [5.74, 6) is -2.37. The van der Waals surface area contributed by atoms with Crippen molar-refractivity contribution < 1.29 is 22.0 Å². The first-order chi connectivity index (χ1) is 14.8. The maximum Gasteiger partial charge on any atom is 0.334 e. The molecule has 1 saturated heterocycles. The molecule has 0 atom stereocenters. The van der Waals surface area contributed by atoms with E-state index in [1.165, 1.54) is 16.7 Å². The van der Waals surface area contributed by atoms with Gasteiger partial charge in [0, 0.05) is 29.6 Å². The topological polar surface area (TPSA) is 91.0 Å². The maximum atomic E-state index is 15.1. The highest BCUT2D eigenvalue weighted by Crippen LogP contribution is 2.37. The van der Waals surface area contributed by atoms with E-state index < -0.39 is 38.4 Å². The Labute approximate surface area is 183 Å². The minimum atomic E-state index is -3.16. The number of benzene rings is 1. The van der Waals surface area contributed by atoms with Crippen LogP contribution in [0, 0.1) is 24.0 Å². The number of carbonyl (C=O) groups excluding carboxylic acids is 1. The van der Waals surface area contributed by atoms with Crippen molar-refractivity contribution in [2.24, 2.45) is 5.41 Å². The second-order valence-corrected chi connectivity index (χ2v) is 11.2. The minimum Gasteiger partial charge on any atom is -0.294 e. The smallest absolute Gasteiger partial charge is 0.294 e. The van der Waals surface area contributed by atoms with Crippen molar-refractivity contribution in [3.8, 4) is 5.69 Å². The Kier molecular flexibility index (Phi) is 5.11. The molecule has 2 aromatic heterocycles. The maximum absolute atomic E-state index is 15.1. The van der Waals surface area contributed by atoms with Crippen LogP contribution in [0.1, 0.15) is 49.3 Å². The van der Waals surface area contributed by atoms with E-state index in [1.54, 1.807) is 27.7 Å². The Bertz CT molecular complexity index is 1430. The van der Waals surface area contributed by atoms with Crippen molar-refractivity contribution in [2.75, 3.05) is 11.5 Å². The zero-order chi connectivity index (χ0) is 23.6. The molecule has 0 saturated carbocycles. The van der Waals surface area contributed by atoms with Crippen molar-refractivity contribution in [1.29, 1.82) is 0 Å². The lowest BCUT2D eigenvalue weighted by molar-refractivity contribution is 0.0932. The first-order valence-electron chi connectivity index (χ1n) is 10.1. The molecule has 1 aliphatic rings. The summed E-state index contributed by atoms with van der Waals surface area (Å²) < 4.78 is 55.2. The number of rotatable bonds is 5. The van der Waals surface area contributed by atoms with Crippen LogP contribution >= 0.6 is 0 Å². The van der Waals surface area contributed by atoms with Crippen LogP contribution in [0.2, 0.25) is 0 Å². The summed E-state index contributed by atoms with van der Waals surface area (Å²) in [7, 11) is -3.16. The van der Waals surface area contributed by atoms with Gasteiger partial charge >= 0.3 is 5.69 Å². The van der Waals surface area contributed by atoms with Crippen molar-refractivity contribution in [3.05, 3.63) is 57.8 Å². The van der Waals surface area contributed by atoms with E-state index in [4.69, 9.17) is 0 Å². The van der Waals surface area contributed by atoms with Crippen molar-refractivity contribution in [1.82, 2.24) is 14.1 Å². The van der Waals surface area contributed by atoms with Gasteiger partial charge in [-0.1, -0.05) is 6.92 Å². The standard InChI is InChI=1S/C22H23F2N3O4S/c1-12(2)26-18-6-14(20(28)8-22(4)10-32(30,31)11-22)15(23)7-19(18)27(21(26)29)17-5-13(3)25-9-16(17)24/h5-7,9,12H,8,10-11H2,1-4H3. The molecule has 10 heteroatoms. The molecular weight excluding hydrogens is 440 g/mol. The average molecular weight is 464 g/mol. The molecule has 0 N–H and O–H groups in total. The van der Waals surface area contributed by atoms with Gasteiger partial charge in [0.1, 0.15) is 5.82 Å². The molecule has 1 aromatic carbocycles. The van der Waals surface area contributed by atoms with Gasteiger partial charge in [0.2, 0.25) is 0 Å². The van der Waals surface area contributed by atoms with E-state index in [1.807, 2.05) is 0 Å². The molecule has 3 aromatic rings. The molecule has 0 amide bonds. The third-order valence-corrected chi connectivity index (χ3v) is 7.99. The fraction of sp³-hybridized carbons (Fsp3) is 0.409. The molecule has 0 aliphatic carbocycles. The number of ketones is 1. The lowest BCUT2D eigenvalue weighted by Crippen LogP contribution is -2.47. The molecule has 0 bridgehead atoms. The molecule has 0 unspecified atom stereocenters. The summed E-state index contributed by atoms with van der Waals surface area (Å²) in [5, 5.41) is 0. The van der Waals surface area contributed by atoms with E-state index in [-0.39, 0.29) is 46.3 Å². The molecule has 3 heterocycles. The Morgan fingerprint density at radius 2 is 1.81 bits per heavy atom. The van der Waals surface area contributed by atoms with E-state index in [0.29, 0.717) is 5.69 Å². The van der Waals surface area contributed by atoms with Gasteiger partial charge < -0.3 is 0 Å². The summed E-state index contributed by atoms with van der Waals surface area (Å²) >= 11 is 0. The molecule has 0 spiro atoms. The second-order valence-electron chi connectivity index (χ2n) is 9.12. The first-order valence-corrected chi connectivity index (χ1v) is 12.0. The first kappa shape index (κ1) is 22.3. The predicted octanol–water partition coefficient (Wildman–Crippen LogP) is 3.36. The van der Waals surface area contributed by atoms with E-state index in [0.717, 1.165) is 16.8 Å². The molecule has 1 aliphatic heterocycles. The number of carbonyl (C=O) groups is 1. The number of Topliss-reactive ketones (excluding diaryl/α,β-unsaturated/α-hetero) is 1. The molecule has 32 heavy (non-hydrogen) atoms. The lowest BCUT2D eigenvalue weighted by Gasteiger charge is -2.37. The summed E-state index contributed by atoms with van der Waals surface area (Å²) in [5.41, 5.74) is -0.693. The van der Waals surface area contributed by atoms with Crippen LogP contribution in [0.25, 0.3) is 16.7 Å². The van der Waals surface area contributed by atoms with Gasteiger partial charge in [-0.2, -0.15) is 0 Å². The van der Waals surface area contributed by atoms with Crippen molar-refractivity contribution in [3.63, 3.8) is 0 Å². The lowest BCUT2D eigenvalue weighted by atomic mass is 9.86. The van der Waals surface area contributed by atoms with Crippen LogP contribution in [-0.4, -0.2) is 39.8 Å². The Morgan fingerprint density at radius 1 is 1.16 bits per heavy atom. The molecule has 7 nitrogen and oxygen atoms in total. The monoisotopic (exact) mass is 463 g/mol. The summed E-state index contributed by atoms with van der Waals surface area (Å²) in [6.07, 6.45) is 0.872. The zero-order valence-electron chi connectivity index (χ0n) is 18.1. The number of imidazole rings is 1. The van der Waals surface area contributed by atoms with Gasteiger partial charge in [-0.25, -0.2) is 22.0 Å². The predicted molar refractivity (Wildman–Crippen MR) is 116 cm³/mol. The number of halogens is 2. The normalized spacial score (nSPS) is 17.0. The highest BCUT2D eigenvalue weighted by molar-refractivity contribution is 7.92. The number of aryl methyl sites for hydroxylation is 1. The molecule has 1 fully saturated rings. The van der Waals surface area contributed by atoms with E-state index >= 15 is 4.39 Å². The Hall–Kier alpha value is -2.88. The number of sulfone groups is 1. The van der Waals surface area contributed by atoms with Crippen LogP contribution < -0.4 is 5.69 Å². The highest BCUT2D eigenvalue weighted by atomic mass is 32.2. The molecule has 0 radical (unpaired) electrons. The average Bonchev–Trinajstić information content (AvgIpc) is 2.91. The minimum absolute atomic E-state index is 0.0578. The number of pyridine rings is 1. The number of fused-ring (bicyclic) bond motifs is 1. The Balaban J connectivity index is 1.89. The number of nitrogens with zero attached hydrogens (tertiary/aromatic N) is 3. The zero-order valence-corrected chi connectivity index (χ0v) is 19.0. The molecule has 4 rings (SSSR count). The van der Waals surface area contributed by atoms with Gasteiger partial charge in [0.15, 0.2) is 21.4 Å². The second kappa shape index (κ2) is 7.33. The molecule has 170 valence electrons. The van der Waals surface area contributed by atoms with Gasteiger partial charge in [-0.05, 0) is 32.9 Å². The fourth-order valence-corrected chi connectivity index (χ4v) is 6.73. The van der Waals surface area contributed by atoms with E-state index in [2.05, 4.69) is 4.98 Å². The van der Waals surface area contributed by atoms with Crippen molar-refractivity contribution >= 4 is 26.7 Å². The van der Waals surface area contributed by atoms with Gasteiger partial charge in [-0.15, -0.1) is 0 Å². The largest absolute Gasteiger partial charge is 0.334 e.